The molecule has 162 valence electrons. The van der Waals surface area contributed by atoms with E-state index in [1.54, 1.807) is 25.3 Å². The van der Waals surface area contributed by atoms with Crippen LogP contribution in [0.25, 0.3) is 22.4 Å². The molecule has 7 nitrogen and oxygen atoms in total. The van der Waals surface area contributed by atoms with Crippen LogP contribution in [0.1, 0.15) is 21.5 Å². The Morgan fingerprint density at radius 2 is 2.00 bits per heavy atom. The Kier molecular flexibility index (Phi) is 6.23. The number of fused-ring (bicyclic) bond motifs is 1. The second-order valence-corrected chi connectivity index (χ2v) is 8.11. The first-order valence-corrected chi connectivity index (χ1v) is 10.8. The minimum atomic E-state index is -0.168. The van der Waals surface area contributed by atoms with Gasteiger partial charge >= 0.3 is 0 Å². The van der Waals surface area contributed by atoms with E-state index in [9.17, 15) is 4.79 Å². The van der Waals surface area contributed by atoms with Gasteiger partial charge in [0.05, 0.1) is 28.2 Å². The number of methoxy groups -OCH3 is 1. The number of hydrogen-bond acceptors (Lipinski definition) is 4. The topological polar surface area (TPSA) is 117 Å². The molecular weight excluding hydrogens is 470 g/mol. The van der Waals surface area contributed by atoms with Crippen LogP contribution in [-0.2, 0) is 6.42 Å². The third-order valence-corrected chi connectivity index (χ3v) is 5.75. The molecule has 0 saturated heterocycles. The van der Waals surface area contributed by atoms with E-state index in [0.717, 1.165) is 26.8 Å². The molecule has 0 spiro atoms. The van der Waals surface area contributed by atoms with Crippen molar-refractivity contribution in [2.24, 2.45) is 5.73 Å². The van der Waals surface area contributed by atoms with Crippen LogP contribution < -0.4 is 15.8 Å². The molecule has 0 aliphatic carbocycles. The van der Waals surface area contributed by atoms with Crippen molar-refractivity contribution < 1.29 is 9.53 Å². The fraction of sp³-hybridized carbons (Fsp3) is 0.125. The average molecular weight is 492 g/mol. The van der Waals surface area contributed by atoms with E-state index in [1.807, 2.05) is 42.5 Å². The third kappa shape index (κ3) is 4.50. The molecule has 0 radical (unpaired) electrons. The number of carbonyl (C=O) groups is 1. The first-order chi connectivity index (χ1) is 15.5. The van der Waals surface area contributed by atoms with Crippen molar-refractivity contribution >= 4 is 38.7 Å². The van der Waals surface area contributed by atoms with Crippen LogP contribution in [-0.4, -0.2) is 35.4 Å². The molecule has 0 atom stereocenters. The van der Waals surface area contributed by atoms with E-state index in [4.69, 9.17) is 15.9 Å². The van der Waals surface area contributed by atoms with Gasteiger partial charge in [0.1, 0.15) is 17.4 Å². The molecule has 1 amide bonds. The van der Waals surface area contributed by atoms with Gasteiger partial charge in [-0.2, -0.15) is 0 Å². The summed E-state index contributed by atoms with van der Waals surface area (Å²) in [5.74, 6) is 1.18. The monoisotopic (exact) mass is 491 g/mol. The lowest BCUT2D eigenvalue weighted by molar-refractivity contribution is 0.0954. The summed E-state index contributed by atoms with van der Waals surface area (Å²) in [5, 5.41) is 10.6. The maximum absolute atomic E-state index is 12.9. The van der Waals surface area contributed by atoms with Crippen LogP contribution in [0.2, 0.25) is 0 Å². The second kappa shape index (κ2) is 9.23. The molecule has 0 saturated carbocycles. The number of nitrogens with zero attached hydrogens (tertiary/aromatic N) is 1. The summed E-state index contributed by atoms with van der Waals surface area (Å²) in [5.41, 5.74) is 10.0. The lowest BCUT2D eigenvalue weighted by atomic mass is 10.1. The van der Waals surface area contributed by atoms with Crippen molar-refractivity contribution in [1.29, 1.82) is 5.41 Å². The highest BCUT2D eigenvalue weighted by atomic mass is 79.9. The summed E-state index contributed by atoms with van der Waals surface area (Å²) in [4.78, 5) is 20.8. The van der Waals surface area contributed by atoms with E-state index in [0.29, 0.717) is 35.5 Å². The first kappa shape index (κ1) is 21.6. The molecule has 32 heavy (non-hydrogen) atoms. The number of imidazole rings is 1. The van der Waals surface area contributed by atoms with Crippen molar-refractivity contribution in [3.8, 4) is 17.1 Å². The number of carbonyl (C=O) groups excluding carboxylic acids is 1. The minimum absolute atomic E-state index is 0.00767. The SMILES string of the molecule is COc1ccc(CCNC(=O)c2ccccc2-c2nc3ccc(C(=N)N)cc3[nH]2)cc1Br. The summed E-state index contributed by atoms with van der Waals surface area (Å²) in [6.45, 7) is 0.494. The number of H-pyrrole nitrogens is 1. The van der Waals surface area contributed by atoms with E-state index in [1.165, 1.54) is 0 Å². The van der Waals surface area contributed by atoms with Crippen LogP contribution in [0.15, 0.2) is 65.1 Å². The maximum Gasteiger partial charge on any atom is 0.252 e. The zero-order chi connectivity index (χ0) is 22.7. The number of aromatic nitrogens is 2. The molecule has 4 aromatic rings. The van der Waals surface area contributed by atoms with Gasteiger partial charge in [0.2, 0.25) is 0 Å². The van der Waals surface area contributed by atoms with Gasteiger partial charge < -0.3 is 20.8 Å². The van der Waals surface area contributed by atoms with Gasteiger partial charge in [0.15, 0.2) is 0 Å². The normalized spacial score (nSPS) is 10.8. The molecule has 1 aromatic heterocycles. The van der Waals surface area contributed by atoms with Gasteiger partial charge in [-0.1, -0.05) is 24.3 Å². The van der Waals surface area contributed by atoms with Gasteiger partial charge in [0, 0.05) is 17.7 Å². The lowest BCUT2D eigenvalue weighted by Gasteiger charge is -2.10. The summed E-state index contributed by atoms with van der Waals surface area (Å²) < 4.78 is 6.13. The molecule has 1 heterocycles. The Bertz CT molecular complexity index is 1310. The highest BCUT2D eigenvalue weighted by Crippen LogP contribution is 2.26. The Morgan fingerprint density at radius 3 is 2.75 bits per heavy atom. The lowest BCUT2D eigenvalue weighted by Crippen LogP contribution is -2.26. The maximum atomic E-state index is 12.9. The average Bonchev–Trinajstić information content (AvgIpc) is 3.22. The highest BCUT2D eigenvalue weighted by molar-refractivity contribution is 9.10. The minimum Gasteiger partial charge on any atom is -0.496 e. The molecule has 5 N–H and O–H groups in total. The number of benzene rings is 3. The molecular formula is C24H22BrN5O2. The van der Waals surface area contributed by atoms with Crippen LogP contribution >= 0.6 is 15.9 Å². The smallest absolute Gasteiger partial charge is 0.252 e. The van der Waals surface area contributed by atoms with Crippen molar-refractivity contribution in [1.82, 2.24) is 15.3 Å². The molecule has 0 unspecified atom stereocenters. The summed E-state index contributed by atoms with van der Waals surface area (Å²) in [7, 11) is 1.63. The first-order valence-electron chi connectivity index (χ1n) is 10.0. The van der Waals surface area contributed by atoms with Gasteiger partial charge in [0.25, 0.3) is 5.91 Å². The van der Waals surface area contributed by atoms with Crippen molar-refractivity contribution in [2.75, 3.05) is 13.7 Å². The van der Waals surface area contributed by atoms with E-state index >= 15 is 0 Å². The summed E-state index contributed by atoms with van der Waals surface area (Å²) >= 11 is 3.49. The molecule has 0 aliphatic rings. The number of nitrogen functional groups attached to an aromatic ring is 1. The van der Waals surface area contributed by atoms with Gasteiger partial charge in [-0.25, -0.2) is 4.98 Å². The van der Waals surface area contributed by atoms with Crippen molar-refractivity contribution in [3.63, 3.8) is 0 Å². The zero-order valence-corrected chi connectivity index (χ0v) is 19.0. The Balaban J connectivity index is 1.51. The summed E-state index contributed by atoms with van der Waals surface area (Å²) in [6.07, 6.45) is 0.689. The standard InChI is InChI=1S/C24H22BrN5O2/c1-32-21-9-6-14(12-18(21)25)10-11-28-24(31)17-5-3-2-4-16(17)23-29-19-8-7-15(22(26)27)13-20(19)30-23/h2-9,12-13H,10-11H2,1H3,(H3,26,27)(H,28,31)(H,29,30). The second-order valence-electron chi connectivity index (χ2n) is 7.25. The molecule has 0 fully saturated rings. The van der Waals surface area contributed by atoms with Crippen LogP contribution in [0.3, 0.4) is 0 Å². The number of rotatable bonds is 7. The number of hydrogen-bond donors (Lipinski definition) is 4. The molecule has 8 heteroatoms. The number of nitrogens with one attached hydrogen (secondary N) is 3. The van der Waals surface area contributed by atoms with Gasteiger partial charge in [-0.15, -0.1) is 0 Å². The van der Waals surface area contributed by atoms with E-state index in [-0.39, 0.29) is 11.7 Å². The van der Waals surface area contributed by atoms with Crippen molar-refractivity contribution in [2.45, 2.75) is 6.42 Å². The van der Waals surface area contributed by atoms with E-state index in [2.05, 4.69) is 31.2 Å². The summed E-state index contributed by atoms with van der Waals surface area (Å²) in [6, 6.07) is 18.6. The Hall–Kier alpha value is -3.65. The van der Waals surface area contributed by atoms with Crippen LogP contribution in [0, 0.1) is 5.41 Å². The third-order valence-electron chi connectivity index (χ3n) is 5.14. The predicted molar refractivity (Wildman–Crippen MR) is 129 cm³/mol. The molecule has 0 bridgehead atoms. The highest BCUT2D eigenvalue weighted by Gasteiger charge is 2.15. The van der Waals surface area contributed by atoms with Crippen LogP contribution in [0.4, 0.5) is 0 Å². The fourth-order valence-electron chi connectivity index (χ4n) is 3.47. The van der Waals surface area contributed by atoms with Crippen LogP contribution in [0.5, 0.6) is 5.75 Å². The predicted octanol–water partition coefficient (Wildman–Crippen LogP) is 4.26. The fourth-order valence-corrected chi connectivity index (χ4v) is 4.06. The molecule has 0 aliphatic heterocycles. The number of nitrogens with two attached hydrogens (primary N) is 1. The Morgan fingerprint density at radius 1 is 1.19 bits per heavy atom. The molecule has 3 aromatic carbocycles. The number of amidine groups is 1. The number of amides is 1. The zero-order valence-electron chi connectivity index (χ0n) is 17.4. The quantitative estimate of drug-likeness (QED) is 0.228. The van der Waals surface area contributed by atoms with Gasteiger partial charge in [-0.3, -0.25) is 10.2 Å². The van der Waals surface area contributed by atoms with Crippen molar-refractivity contribution in [3.05, 3.63) is 81.8 Å². The Labute approximate surface area is 193 Å². The number of ether oxygens (including phenoxy) is 1. The molecule has 4 rings (SSSR count). The van der Waals surface area contributed by atoms with Gasteiger partial charge in [-0.05, 0) is 64.3 Å². The number of halogens is 1. The number of aromatic amines is 1. The van der Waals surface area contributed by atoms with E-state index < -0.39 is 0 Å². The largest absolute Gasteiger partial charge is 0.496 e.